The molecule has 0 unspecified atom stereocenters. The summed E-state index contributed by atoms with van der Waals surface area (Å²) in [5.74, 6) is -2.63. The number of nitrogens with one attached hydrogen (secondary N) is 2. The van der Waals surface area contributed by atoms with E-state index in [4.69, 9.17) is 0 Å². The van der Waals surface area contributed by atoms with Gasteiger partial charge in [-0.1, -0.05) is 55.0 Å². The van der Waals surface area contributed by atoms with Gasteiger partial charge in [-0.2, -0.15) is 0 Å². The Labute approximate surface area is 225 Å². The predicted octanol–water partition coefficient (Wildman–Crippen LogP) is 2.08. The van der Waals surface area contributed by atoms with Gasteiger partial charge in [-0.05, 0) is 48.6 Å². The van der Waals surface area contributed by atoms with Crippen LogP contribution in [0, 0.1) is 17.8 Å². The second-order valence-electron chi connectivity index (χ2n) is 11.2. The number of carbonyl (C=O) groups is 4. The molecular weight excluding hydrogens is 501 g/mol. The lowest BCUT2D eigenvalue weighted by Crippen LogP contribution is -2.56. The molecule has 3 N–H and O–H groups in total. The molecule has 2 aromatic carbocycles. The van der Waals surface area contributed by atoms with Gasteiger partial charge in [0.05, 0.1) is 6.04 Å². The summed E-state index contributed by atoms with van der Waals surface area (Å²) in [7, 11) is 0. The summed E-state index contributed by atoms with van der Waals surface area (Å²) in [6.07, 6.45) is 3.08. The van der Waals surface area contributed by atoms with Crippen LogP contribution in [-0.4, -0.2) is 65.3 Å². The molecule has 2 aromatic rings. The van der Waals surface area contributed by atoms with Crippen LogP contribution in [0.4, 0.5) is 4.39 Å². The monoisotopic (exact) mass is 533 g/mol. The largest absolute Gasteiger partial charge is 0.389 e. The highest BCUT2D eigenvalue weighted by Crippen LogP contribution is 2.52. The molecule has 9 heteroatoms. The summed E-state index contributed by atoms with van der Waals surface area (Å²) in [5, 5.41) is 15.0. The zero-order valence-corrected chi connectivity index (χ0v) is 21.6. The van der Waals surface area contributed by atoms with Crippen molar-refractivity contribution in [2.45, 2.75) is 49.9 Å². The van der Waals surface area contributed by atoms with Crippen molar-refractivity contribution in [2.75, 3.05) is 19.7 Å². The van der Waals surface area contributed by atoms with Gasteiger partial charge in [-0.3, -0.25) is 19.2 Å². The van der Waals surface area contributed by atoms with Crippen LogP contribution < -0.4 is 10.6 Å². The molecular formula is C30H32FN3O5. The van der Waals surface area contributed by atoms with Crippen molar-refractivity contribution in [3.05, 3.63) is 59.7 Å². The van der Waals surface area contributed by atoms with Crippen LogP contribution in [0.2, 0.25) is 0 Å². The summed E-state index contributed by atoms with van der Waals surface area (Å²) < 4.78 is 17.3. The number of carbonyl (C=O) groups excluding carboxylic acids is 4. The molecule has 0 bridgehead atoms. The van der Waals surface area contributed by atoms with Gasteiger partial charge in [0, 0.05) is 30.1 Å². The Morgan fingerprint density at radius 2 is 1.72 bits per heavy atom. The quantitative estimate of drug-likeness (QED) is 0.504. The first kappa shape index (κ1) is 25.7. The van der Waals surface area contributed by atoms with Crippen LogP contribution in [0.5, 0.6) is 0 Å². The zero-order valence-electron chi connectivity index (χ0n) is 21.6. The van der Waals surface area contributed by atoms with E-state index in [-0.39, 0.29) is 41.8 Å². The van der Waals surface area contributed by atoms with Crippen LogP contribution in [0.25, 0.3) is 11.1 Å². The van der Waals surface area contributed by atoms with Crippen LogP contribution in [0.1, 0.15) is 43.2 Å². The number of ketones is 1. The Kier molecular flexibility index (Phi) is 6.49. The number of amides is 3. The van der Waals surface area contributed by atoms with Crippen molar-refractivity contribution >= 4 is 23.5 Å². The molecule has 2 heterocycles. The average molecular weight is 534 g/mol. The Morgan fingerprint density at radius 3 is 2.33 bits per heavy atom. The molecule has 3 amide bonds. The number of likely N-dealkylation sites (tertiary alicyclic amines) is 1. The van der Waals surface area contributed by atoms with Gasteiger partial charge in [0.1, 0.15) is 12.6 Å². The molecule has 4 aliphatic rings. The zero-order chi connectivity index (χ0) is 27.3. The van der Waals surface area contributed by atoms with Gasteiger partial charge < -0.3 is 20.6 Å². The van der Waals surface area contributed by atoms with Crippen molar-refractivity contribution in [3.63, 3.8) is 0 Å². The number of fused-ring (bicyclic) bond motifs is 4. The molecule has 1 saturated carbocycles. The molecule has 0 radical (unpaired) electrons. The van der Waals surface area contributed by atoms with Gasteiger partial charge in [0.15, 0.2) is 5.78 Å². The van der Waals surface area contributed by atoms with Gasteiger partial charge in [0.2, 0.25) is 17.5 Å². The summed E-state index contributed by atoms with van der Waals surface area (Å²) in [6.45, 7) is -0.0191. The number of hydrogen-bond donors (Lipinski definition) is 3. The predicted molar refractivity (Wildman–Crippen MR) is 140 cm³/mol. The van der Waals surface area contributed by atoms with E-state index in [1.807, 2.05) is 12.1 Å². The second kappa shape index (κ2) is 9.86. The van der Waals surface area contributed by atoms with Crippen LogP contribution in [-0.2, 0) is 24.8 Å². The lowest BCUT2D eigenvalue weighted by atomic mass is 9.90. The van der Waals surface area contributed by atoms with Crippen molar-refractivity contribution in [1.29, 1.82) is 0 Å². The minimum Gasteiger partial charge on any atom is -0.389 e. The number of benzene rings is 2. The molecule has 2 saturated heterocycles. The van der Waals surface area contributed by atoms with Crippen LogP contribution in [0.3, 0.4) is 0 Å². The lowest BCUT2D eigenvalue weighted by molar-refractivity contribution is -0.148. The molecule has 5 atom stereocenters. The first-order valence-corrected chi connectivity index (χ1v) is 13.8. The SMILES string of the molecule is O=C1NCC[C@@H]1C[C@H](NC(=O)[C@@H]1[C@H]2CCC[C@H]2CN1C(=O)C1(F)c2ccccc2-c2ccccc21)C(=O)CO. The molecule has 204 valence electrons. The Morgan fingerprint density at radius 1 is 1.05 bits per heavy atom. The van der Waals surface area contributed by atoms with E-state index in [0.717, 1.165) is 19.3 Å². The number of aliphatic hydroxyl groups excluding tert-OH is 1. The number of hydrogen-bond acceptors (Lipinski definition) is 5. The smallest absolute Gasteiger partial charge is 0.270 e. The standard InChI is InChI=1S/C30H32FN3O5/c31-30(22-10-3-1-7-20(22)21-8-2-4-11-23(21)30)29(39)34-15-18-6-5-9-19(18)26(34)28(38)33-24(25(36)16-35)14-17-12-13-32-27(17)37/h1-4,7-8,10-11,17-19,24,26,35H,5-6,9,12-16H2,(H,32,37)(H,33,38)/t17-,18+,19+,24+,26+/m1/s1. The van der Waals surface area contributed by atoms with Crippen LogP contribution >= 0.6 is 0 Å². The number of aliphatic hydroxyl groups is 1. The summed E-state index contributed by atoms with van der Waals surface area (Å²) in [4.78, 5) is 54.2. The van der Waals surface area contributed by atoms with E-state index in [2.05, 4.69) is 10.6 Å². The van der Waals surface area contributed by atoms with Crippen molar-refractivity contribution in [1.82, 2.24) is 15.5 Å². The minimum absolute atomic E-state index is 0.0628. The third kappa shape index (κ3) is 4.06. The minimum atomic E-state index is -2.44. The maximum atomic E-state index is 17.3. The summed E-state index contributed by atoms with van der Waals surface area (Å²) in [5.41, 5.74) is -0.575. The molecule has 6 rings (SSSR count). The molecule has 2 aliphatic heterocycles. The van der Waals surface area contributed by atoms with E-state index in [0.29, 0.717) is 24.1 Å². The molecule has 0 spiro atoms. The highest BCUT2D eigenvalue weighted by Gasteiger charge is 2.58. The maximum Gasteiger partial charge on any atom is 0.270 e. The van der Waals surface area contributed by atoms with E-state index < -0.39 is 47.9 Å². The maximum absolute atomic E-state index is 17.3. The number of halogens is 1. The van der Waals surface area contributed by atoms with Crippen molar-refractivity contribution in [3.8, 4) is 11.1 Å². The van der Waals surface area contributed by atoms with E-state index in [9.17, 15) is 24.3 Å². The molecule has 39 heavy (non-hydrogen) atoms. The fourth-order valence-corrected chi connectivity index (χ4v) is 7.25. The summed E-state index contributed by atoms with van der Waals surface area (Å²) >= 11 is 0. The fourth-order valence-electron chi connectivity index (χ4n) is 7.25. The van der Waals surface area contributed by atoms with E-state index >= 15 is 4.39 Å². The first-order chi connectivity index (χ1) is 18.8. The first-order valence-electron chi connectivity index (χ1n) is 13.8. The number of rotatable bonds is 7. The fraction of sp³-hybridized carbons (Fsp3) is 0.467. The third-order valence-corrected chi connectivity index (χ3v) is 9.15. The second-order valence-corrected chi connectivity index (χ2v) is 11.2. The number of Topliss-reactive ketones (excluding diaryl/α,β-unsaturated/α-hetero) is 1. The molecule has 3 fully saturated rings. The van der Waals surface area contributed by atoms with E-state index in [1.165, 1.54) is 4.90 Å². The topological polar surface area (TPSA) is 116 Å². The molecule has 0 aromatic heterocycles. The lowest BCUT2D eigenvalue weighted by Gasteiger charge is -2.33. The van der Waals surface area contributed by atoms with Gasteiger partial charge in [-0.15, -0.1) is 0 Å². The summed E-state index contributed by atoms with van der Waals surface area (Å²) in [6, 6.07) is 11.9. The average Bonchev–Trinajstić information content (AvgIpc) is 3.71. The van der Waals surface area contributed by atoms with Crippen molar-refractivity contribution < 1.29 is 28.7 Å². The normalized spacial score (nSPS) is 26.9. The Bertz CT molecular complexity index is 1300. The molecule has 8 nitrogen and oxygen atoms in total. The number of alkyl halides is 1. The highest BCUT2D eigenvalue weighted by molar-refractivity contribution is 6.01. The van der Waals surface area contributed by atoms with E-state index in [1.54, 1.807) is 36.4 Å². The van der Waals surface area contributed by atoms with Gasteiger partial charge >= 0.3 is 0 Å². The van der Waals surface area contributed by atoms with Gasteiger partial charge in [0.25, 0.3) is 5.91 Å². The number of nitrogens with zero attached hydrogens (tertiary/aromatic N) is 1. The van der Waals surface area contributed by atoms with Gasteiger partial charge in [-0.25, -0.2) is 4.39 Å². The highest BCUT2D eigenvalue weighted by atomic mass is 19.1. The Balaban J connectivity index is 1.32. The van der Waals surface area contributed by atoms with Crippen molar-refractivity contribution in [2.24, 2.45) is 17.8 Å². The van der Waals surface area contributed by atoms with Crippen LogP contribution in [0.15, 0.2) is 48.5 Å². The third-order valence-electron chi connectivity index (χ3n) is 9.15. The Hall–Kier alpha value is -3.59. The molecule has 2 aliphatic carbocycles.